The zero-order valence-corrected chi connectivity index (χ0v) is 16.6. The summed E-state index contributed by atoms with van der Waals surface area (Å²) in [5, 5.41) is 45.4. The molecule has 0 aliphatic carbocycles. The van der Waals surface area contributed by atoms with Gasteiger partial charge in [-0.1, -0.05) is 24.3 Å². The molecule has 0 bridgehead atoms. The van der Waals surface area contributed by atoms with Gasteiger partial charge in [-0.3, -0.25) is 0 Å². The van der Waals surface area contributed by atoms with Gasteiger partial charge in [-0.2, -0.15) is 0 Å². The molecule has 6 nitrogen and oxygen atoms in total. The lowest BCUT2D eigenvalue weighted by Gasteiger charge is -2.35. The molecule has 0 aromatic heterocycles. The SMILES string of the molecule is Cc1cccc(Nc2ccc(CC(C)(O)C(C)(C)O)cc2)c1C.OB(O)O. The maximum absolute atomic E-state index is 10.4. The standard InChI is InChI=1S/C20H27NO2.BH3O3/c1-14-7-6-8-18(15(14)2)21-17-11-9-16(10-12-17)13-20(5,23)19(3,4)22;2-1(3)4/h6-12,21-23H,13H2,1-5H3;2-4H. The molecule has 7 heteroatoms. The highest BCUT2D eigenvalue weighted by Gasteiger charge is 2.37. The van der Waals surface area contributed by atoms with E-state index >= 15 is 0 Å². The molecule has 148 valence electrons. The Balaban J connectivity index is 0.000000828. The van der Waals surface area contributed by atoms with Gasteiger partial charge in [-0.15, -0.1) is 0 Å². The van der Waals surface area contributed by atoms with E-state index in [1.165, 1.54) is 11.1 Å². The molecular formula is C20H30BNO5. The fourth-order valence-corrected chi connectivity index (χ4v) is 2.36. The number of rotatable bonds is 5. The Morgan fingerprint density at radius 3 is 1.89 bits per heavy atom. The first-order valence-electron chi connectivity index (χ1n) is 8.74. The van der Waals surface area contributed by atoms with Gasteiger partial charge in [0.15, 0.2) is 0 Å². The van der Waals surface area contributed by atoms with Crippen molar-refractivity contribution >= 4 is 18.7 Å². The van der Waals surface area contributed by atoms with E-state index in [0.717, 1.165) is 16.9 Å². The summed E-state index contributed by atoms with van der Waals surface area (Å²) < 4.78 is 0. The molecule has 0 aliphatic heterocycles. The van der Waals surface area contributed by atoms with Crippen LogP contribution in [0.15, 0.2) is 42.5 Å². The minimum atomic E-state index is -2.17. The quantitative estimate of drug-likeness (QED) is 0.446. The third-order valence-corrected chi connectivity index (χ3v) is 4.70. The van der Waals surface area contributed by atoms with Crippen molar-refractivity contribution in [1.82, 2.24) is 0 Å². The fraction of sp³-hybridized carbons (Fsp3) is 0.400. The van der Waals surface area contributed by atoms with Gasteiger partial charge >= 0.3 is 7.32 Å². The van der Waals surface area contributed by atoms with E-state index in [1.807, 2.05) is 30.3 Å². The number of anilines is 2. The van der Waals surface area contributed by atoms with Crippen LogP contribution in [0, 0.1) is 13.8 Å². The second kappa shape index (κ2) is 9.35. The molecule has 2 aromatic rings. The normalized spacial score (nSPS) is 13.3. The van der Waals surface area contributed by atoms with E-state index in [4.69, 9.17) is 15.1 Å². The Kier molecular flexibility index (Phi) is 8.01. The Hall–Kier alpha value is -1.90. The molecule has 0 amide bonds. The molecule has 27 heavy (non-hydrogen) atoms. The summed E-state index contributed by atoms with van der Waals surface area (Å²) in [5.41, 5.74) is 3.27. The van der Waals surface area contributed by atoms with Crippen molar-refractivity contribution < 1.29 is 25.3 Å². The molecule has 1 atom stereocenters. The molecule has 0 aliphatic rings. The number of nitrogens with one attached hydrogen (secondary N) is 1. The molecule has 1 unspecified atom stereocenters. The molecular weight excluding hydrogens is 345 g/mol. The molecule has 0 saturated carbocycles. The van der Waals surface area contributed by atoms with Gasteiger partial charge in [0, 0.05) is 17.8 Å². The number of aliphatic hydroxyl groups is 2. The van der Waals surface area contributed by atoms with E-state index in [1.54, 1.807) is 20.8 Å². The van der Waals surface area contributed by atoms with Gasteiger partial charge in [-0.05, 0) is 69.5 Å². The van der Waals surface area contributed by atoms with Crippen LogP contribution < -0.4 is 5.32 Å². The van der Waals surface area contributed by atoms with Crippen molar-refractivity contribution in [2.75, 3.05) is 5.32 Å². The van der Waals surface area contributed by atoms with E-state index in [0.29, 0.717) is 6.42 Å². The van der Waals surface area contributed by atoms with E-state index in [2.05, 4.69) is 31.3 Å². The highest BCUT2D eigenvalue weighted by Crippen LogP contribution is 2.27. The number of hydrogen-bond donors (Lipinski definition) is 6. The van der Waals surface area contributed by atoms with Gasteiger partial charge in [0.1, 0.15) is 0 Å². The number of hydrogen-bond acceptors (Lipinski definition) is 6. The lowest BCUT2D eigenvalue weighted by Crippen LogP contribution is -2.49. The van der Waals surface area contributed by atoms with Gasteiger partial charge in [0.25, 0.3) is 0 Å². The number of aryl methyl sites for hydroxylation is 1. The van der Waals surface area contributed by atoms with Crippen molar-refractivity contribution in [3.63, 3.8) is 0 Å². The first-order valence-corrected chi connectivity index (χ1v) is 8.74. The predicted molar refractivity (Wildman–Crippen MR) is 109 cm³/mol. The van der Waals surface area contributed by atoms with Gasteiger partial charge in [0.05, 0.1) is 11.2 Å². The van der Waals surface area contributed by atoms with E-state index in [9.17, 15) is 10.2 Å². The summed E-state index contributed by atoms with van der Waals surface area (Å²) in [6.07, 6.45) is 0.403. The van der Waals surface area contributed by atoms with Crippen LogP contribution in [0.4, 0.5) is 11.4 Å². The Morgan fingerprint density at radius 1 is 0.889 bits per heavy atom. The number of benzene rings is 2. The van der Waals surface area contributed by atoms with Crippen LogP contribution >= 0.6 is 0 Å². The summed E-state index contributed by atoms with van der Waals surface area (Å²) in [6.45, 7) is 9.12. The average Bonchev–Trinajstić information content (AvgIpc) is 2.52. The van der Waals surface area contributed by atoms with Crippen LogP contribution in [0.5, 0.6) is 0 Å². The molecule has 0 heterocycles. The highest BCUT2D eigenvalue weighted by molar-refractivity contribution is 6.30. The lowest BCUT2D eigenvalue weighted by atomic mass is 9.82. The smallest absolute Gasteiger partial charge is 0.402 e. The second-order valence-corrected chi connectivity index (χ2v) is 7.43. The van der Waals surface area contributed by atoms with Crippen LogP contribution in [0.3, 0.4) is 0 Å². The zero-order valence-electron chi connectivity index (χ0n) is 16.6. The largest absolute Gasteiger partial charge is 0.631 e. The van der Waals surface area contributed by atoms with Crippen LogP contribution in [0.25, 0.3) is 0 Å². The van der Waals surface area contributed by atoms with Crippen LogP contribution in [-0.4, -0.2) is 43.8 Å². The van der Waals surface area contributed by atoms with E-state index < -0.39 is 18.5 Å². The minimum absolute atomic E-state index is 0.403. The Labute approximate surface area is 161 Å². The van der Waals surface area contributed by atoms with Gasteiger partial charge in [-0.25, -0.2) is 0 Å². The van der Waals surface area contributed by atoms with Crippen molar-refractivity contribution in [3.8, 4) is 0 Å². The summed E-state index contributed by atoms with van der Waals surface area (Å²) in [6, 6.07) is 14.2. The van der Waals surface area contributed by atoms with Crippen LogP contribution in [0.1, 0.15) is 37.5 Å². The van der Waals surface area contributed by atoms with Crippen LogP contribution in [-0.2, 0) is 6.42 Å². The lowest BCUT2D eigenvalue weighted by molar-refractivity contribution is -0.118. The van der Waals surface area contributed by atoms with E-state index in [-0.39, 0.29) is 0 Å². The maximum atomic E-state index is 10.4. The van der Waals surface area contributed by atoms with Gasteiger partial charge in [0.2, 0.25) is 0 Å². The Bertz CT molecular complexity index is 721. The Morgan fingerprint density at radius 2 is 1.41 bits per heavy atom. The van der Waals surface area contributed by atoms with Crippen molar-refractivity contribution in [2.45, 2.75) is 52.2 Å². The molecule has 6 N–H and O–H groups in total. The summed E-state index contributed by atoms with van der Waals surface area (Å²) >= 11 is 0. The molecule has 0 radical (unpaired) electrons. The maximum Gasteiger partial charge on any atom is 0.631 e. The van der Waals surface area contributed by atoms with Crippen molar-refractivity contribution in [2.24, 2.45) is 0 Å². The topological polar surface area (TPSA) is 113 Å². The molecule has 2 rings (SSSR count). The molecule has 2 aromatic carbocycles. The third-order valence-electron chi connectivity index (χ3n) is 4.70. The minimum Gasteiger partial charge on any atom is -0.402 e. The predicted octanol–water partition coefficient (Wildman–Crippen LogP) is 2.06. The van der Waals surface area contributed by atoms with Crippen LogP contribution in [0.2, 0.25) is 0 Å². The zero-order chi connectivity index (χ0) is 20.8. The van der Waals surface area contributed by atoms with Crippen molar-refractivity contribution in [1.29, 1.82) is 0 Å². The average molecular weight is 375 g/mol. The summed E-state index contributed by atoms with van der Waals surface area (Å²) in [5.74, 6) is 0. The first kappa shape index (κ1) is 23.1. The fourth-order valence-electron chi connectivity index (χ4n) is 2.36. The highest BCUT2D eigenvalue weighted by atomic mass is 16.5. The molecule has 0 spiro atoms. The monoisotopic (exact) mass is 375 g/mol. The summed E-state index contributed by atoms with van der Waals surface area (Å²) in [4.78, 5) is 0. The third kappa shape index (κ3) is 7.32. The molecule has 0 fully saturated rings. The summed E-state index contributed by atoms with van der Waals surface area (Å²) in [7, 11) is -2.17. The second-order valence-electron chi connectivity index (χ2n) is 7.43. The molecule has 0 saturated heterocycles. The van der Waals surface area contributed by atoms with Crippen molar-refractivity contribution in [3.05, 3.63) is 59.2 Å². The van der Waals surface area contributed by atoms with Gasteiger partial charge < -0.3 is 30.6 Å². The first-order chi connectivity index (χ1) is 12.3.